The third-order valence-electron chi connectivity index (χ3n) is 1.64. The first-order valence-electron chi connectivity index (χ1n) is 4.06. The minimum Gasteiger partial charge on any atom is -0.390 e. The highest BCUT2D eigenvalue weighted by Gasteiger charge is 2.33. The molecule has 0 aliphatic heterocycles. The molecule has 3 atom stereocenters. The van der Waals surface area contributed by atoms with Crippen LogP contribution >= 0.6 is 0 Å². The second kappa shape index (κ2) is 5.52. The van der Waals surface area contributed by atoms with E-state index in [0.717, 1.165) is 0 Å². The summed E-state index contributed by atoms with van der Waals surface area (Å²) in [5.41, 5.74) is 0. The van der Waals surface area contributed by atoms with Gasteiger partial charge in [-0.2, -0.15) is 0 Å². The van der Waals surface area contributed by atoms with Crippen molar-refractivity contribution >= 4 is 7.85 Å². The van der Waals surface area contributed by atoms with E-state index in [1.54, 1.807) is 0 Å². The predicted molar refractivity (Wildman–Crippen MR) is 46.8 cm³/mol. The van der Waals surface area contributed by atoms with Gasteiger partial charge in [-0.15, -0.1) is 0 Å². The highest BCUT2D eigenvalue weighted by atomic mass is 19.2. The van der Waals surface area contributed by atoms with Gasteiger partial charge in [-0.1, -0.05) is 0 Å². The molecule has 0 fully saturated rings. The van der Waals surface area contributed by atoms with Crippen molar-refractivity contribution < 1.29 is 23.4 Å². The molecule has 1 N–H and O–H groups in total. The van der Waals surface area contributed by atoms with E-state index < -0.39 is 31.2 Å². The van der Waals surface area contributed by atoms with Crippen molar-refractivity contribution in [1.82, 2.24) is 0 Å². The molecule has 0 aromatic heterocycles. The van der Waals surface area contributed by atoms with E-state index >= 15 is 0 Å². The van der Waals surface area contributed by atoms with Crippen LogP contribution in [0.25, 0.3) is 0 Å². The van der Waals surface area contributed by atoms with Crippen LogP contribution in [0.1, 0.15) is 6.92 Å². The average molecular weight is 196 g/mol. The molecule has 0 saturated carbocycles. The molecule has 0 bridgehead atoms. The molecule has 0 aromatic rings. The van der Waals surface area contributed by atoms with Gasteiger partial charge in [0.15, 0.2) is 0 Å². The molecule has 0 aromatic carbocycles. The summed E-state index contributed by atoms with van der Waals surface area (Å²) in [4.78, 5) is 0. The van der Waals surface area contributed by atoms with E-state index in [-0.39, 0.29) is 0 Å². The number of alkyl halides is 2. The van der Waals surface area contributed by atoms with Crippen LogP contribution < -0.4 is 0 Å². The summed E-state index contributed by atoms with van der Waals surface area (Å²) in [6.07, 6.45) is -1.29. The lowest BCUT2D eigenvalue weighted by Gasteiger charge is -2.27. The van der Waals surface area contributed by atoms with Crippen molar-refractivity contribution in [2.24, 2.45) is 0 Å². The summed E-state index contributed by atoms with van der Waals surface area (Å²) in [6, 6.07) is -0.910. The fraction of sp³-hybridized carbons (Fsp3) is 1.00. The quantitative estimate of drug-likeness (QED) is 0.588. The first-order valence-corrected chi connectivity index (χ1v) is 4.06. The zero-order valence-corrected chi connectivity index (χ0v) is 8.09. The van der Waals surface area contributed by atoms with Gasteiger partial charge in [-0.05, 0) is 6.92 Å². The van der Waals surface area contributed by atoms with Crippen LogP contribution in [0.4, 0.5) is 8.78 Å². The largest absolute Gasteiger partial charge is 0.390 e. The maximum Gasteiger partial charge on any atom is 0.255 e. The zero-order chi connectivity index (χ0) is 10.5. The van der Waals surface area contributed by atoms with Crippen LogP contribution in [0.2, 0.25) is 0 Å². The van der Waals surface area contributed by atoms with E-state index in [1.807, 2.05) is 0 Å². The molecule has 6 heteroatoms. The van der Waals surface area contributed by atoms with Crippen molar-refractivity contribution in [3.8, 4) is 0 Å². The third kappa shape index (κ3) is 4.54. The lowest BCUT2D eigenvalue weighted by molar-refractivity contribution is -0.214. The van der Waals surface area contributed by atoms with Crippen LogP contribution in [0.3, 0.4) is 0 Å². The Hall–Kier alpha value is -0.195. The number of hydrogen-bond acceptors (Lipinski definition) is 3. The van der Waals surface area contributed by atoms with Gasteiger partial charge in [0.2, 0.25) is 0 Å². The molecular formula is C7H15BF2O3. The fourth-order valence-electron chi connectivity index (χ4n) is 0.759. The van der Waals surface area contributed by atoms with Crippen LogP contribution in [-0.2, 0) is 9.47 Å². The molecule has 3 nitrogen and oxygen atoms in total. The summed E-state index contributed by atoms with van der Waals surface area (Å²) in [7, 11) is 2.67. The molecular weight excluding hydrogens is 181 g/mol. The average Bonchev–Trinajstić information content (AvgIpc) is 2.04. The molecule has 0 spiro atoms. The Balaban J connectivity index is 4.09. The van der Waals surface area contributed by atoms with Gasteiger partial charge in [0.25, 0.3) is 5.85 Å². The normalized spacial score (nSPS) is 20.7. The number of halogens is 2. The Morgan fingerprint density at radius 1 is 1.62 bits per heavy atom. The Morgan fingerprint density at radius 2 is 2.15 bits per heavy atom. The first-order chi connectivity index (χ1) is 5.95. The van der Waals surface area contributed by atoms with Gasteiger partial charge in [0.05, 0.1) is 6.00 Å². The molecule has 13 heavy (non-hydrogen) atoms. The summed E-state index contributed by atoms with van der Waals surface area (Å²) < 4.78 is 35.1. The maximum absolute atomic E-state index is 13.4. The standard InChI is InChI=1S/C7H15BF2O3/c1-5(9)6(8)13-7(10,3-11)4-12-2/h5-6,11H,3-4,8H2,1-2H3/t5-,6?,7?/m0/s1. The molecule has 0 aliphatic carbocycles. The Kier molecular flexibility index (Phi) is 5.43. The van der Waals surface area contributed by atoms with Crippen molar-refractivity contribution in [1.29, 1.82) is 0 Å². The van der Waals surface area contributed by atoms with Crippen LogP contribution in [-0.4, -0.2) is 51.3 Å². The van der Waals surface area contributed by atoms with E-state index in [9.17, 15) is 8.78 Å². The summed E-state index contributed by atoms with van der Waals surface area (Å²) >= 11 is 0. The molecule has 0 saturated heterocycles. The number of aliphatic hydroxyl groups excluding tert-OH is 1. The molecule has 0 rings (SSSR count). The van der Waals surface area contributed by atoms with Crippen LogP contribution in [0.5, 0.6) is 0 Å². The molecule has 0 aliphatic rings. The second-order valence-electron chi connectivity index (χ2n) is 2.97. The lowest BCUT2D eigenvalue weighted by Crippen LogP contribution is -2.42. The highest BCUT2D eigenvalue weighted by Crippen LogP contribution is 2.16. The van der Waals surface area contributed by atoms with Crippen molar-refractivity contribution in [3.05, 3.63) is 0 Å². The summed E-state index contributed by atoms with van der Waals surface area (Å²) in [5, 5.41) is 8.64. The Bertz CT molecular complexity index is 148. The van der Waals surface area contributed by atoms with Gasteiger partial charge in [-0.25, -0.2) is 8.78 Å². The molecule has 0 radical (unpaired) electrons. The topological polar surface area (TPSA) is 38.7 Å². The molecule has 78 valence electrons. The summed E-state index contributed by atoms with van der Waals surface area (Å²) in [6.45, 7) is -0.00623. The second-order valence-corrected chi connectivity index (χ2v) is 2.97. The number of hydrogen-bond donors (Lipinski definition) is 1. The van der Waals surface area contributed by atoms with Gasteiger partial charge in [0, 0.05) is 7.11 Å². The maximum atomic E-state index is 13.4. The van der Waals surface area contributed by atoms with Gasteiger partial charge in [-0.3, -0.25) is 0 Å². The first kappa shape index (κ1) is 12.8. The number of aliphatic hydroxyl groups is 1. The minimum atomic E-state index is -2.31. The smallest absolute Gasteiger partial charge is 0.255 e. The number of rotatable bonds is 6. The lowest BCUT2D eigenvalue weighted by atomic mass is 9.96. The van der Waals surface area contributed by atoms with Crippen LogP contribution in [0, 0.1) is 0 Å². The predicted octanol–water partition coefficient (Wildman–Crippen LogP) is -0.375. The molecule has 2 unspecified atom stereocenters. The molecule has 0 heterocycles. The van der Waals surface area contributed by atoms with Crippen molar-refractivity contribution in [2.75, 3.05) is 20.3 Å². The van der Waals surface area contributed by atoms with E-state index in [0.29, 0.717) is 0 Å². The van der Waals surface area contributed by atoms with Crippen molar-refractivity contribution in [3.63, 3.8) is 0 Å². The SMILES string of the molecule is BC(OC(F)(CO)COC)[C@H](C)F. The minimum absolute atomic E-state index is 0.416. The van der Waals surface area contributed by atoms with E-state index in [2.05, 4.69) is 9.47 Å². The Morgan fingerprint density at radius 3 is 2.46 bits per heavy atom. The van der Waals surface area contributed by atoms with Gasteiger partial charge < -0.3 is 14.6 Å². The van der Waals surface area contributed by atoms with Crippen LogP contribution in [0.15, 0.2) is 0 Å². The molecule has 0 amide bonds. The number of methoxy groups -OCH3 is 1. The van der Waals surface area contributed by atoms with Gasteiger partial charge >= 0.3 is 0 Å². The summed E-state index contributed by atoms with van der Waals surface area (Å²) in [5.74, 6) is -2.31. The fourth-order valence-corrected chi connectivity index (χ4v) is 0.759. The van der Waals surface area contributed by atoms with Gasteiger partial charge in [0.1, 0.15) is 27.2 Å². The zero-order valence-electron chi connectivity index (χ0n) is 8.09. The highest BCUT2D eigenvalue weighted by molar-refractivity contribution is 6.11. The number of ether oxygens (including phenoxy) is 2. The Labute approximate surface area is 77.4 Å². The van der Waals surface area contributed by atoms with E-state index in [4.69, 9.17) is 5.11 Å². The third-order valence-corrected chi connectivity index (χ3v) is 1.64. The van der Waals surface area contributed by atoms with E-state index in [1.165, 1.54) is 21.9 Å². The van der Waals surface area contributed by atoms with Crippen molar-refractivity contribution in [2.45, 2.75) is 25.0 Å². The monoisotopic (exact) mass is 196 g/mol.